The first-order valence-electron chi connectivity index (χ1n) is 12.8. The van der Waals surface area contributed by atoms with E-state index < -0.39 is 16.1 Å². The Bertz CT molecular complexity index is 1320. The summed E-state index contributed by atoms with van der Waals surface area (Å²) in [6.45, 7) is 6.48. The van der Waals surface area contributed by atoms with E-state index in [1.54, 1.807) is 31.1 Å². The van der Waals surface area contributed by atoms with Gasteiger partial charge in [0.1, 0.15) is 17.5 Å². The normalized spacial score (nSPS) is 14.7. The number of nitrogens with one attached hydrogen (secondary N) is 1. The van der Waals surface area contributed by atoms with Crippen LogP contribution in [0.25, 0.3) is 0 Å². The lowest BCUT2D eigenvalue weighted by Crippen LogP contribution is -2.55. The van der Waals surface area contributed by atoms with Crippen LogP contribution in [0.1, 0.15) is 18.1 Å². The van der Waals surface area contributed by atoms with Crippen molar-refractivity contribution in [2.75, 3.05) is 44.8 Å². The van der Waals surface area contributed by atoms with Crippen LogP contribution in [0.4, 0.5) is 5.69 Å². The molecule has 0 spiro atoms. The van der Waals surface area contributed by atoms with Gasteiger partial charge in [-0.2, -0.15) is 4.72 Å². The summed E-state index contributed by atoms with van der Waals surface area (Å²) >= 11 is 0. The average molecular weight is 538 g/mol. The van der Waals surface area contributed by atoms with Crippen LogP contribution in [0.15, 0.2) is 77.7 Å². The zero-order valence-electron chi connectivity index (χ0n) is 22.1. The Labute approximate surface area is 225 Å². The molecular weight excluding hydrogens is 502 g/mol. The summed E-state index contributed by atoms with van der Waals surface area (Å²) in [4.78, 5) is 17.8. The first kappa shape index (κ1) is 27.5. The second-order valence-electron chi connectivity index (χ2n) is 9.23. The number of amides is 1. The van der Waals surface area contributed by atoms with Crippen molar-refractivity contribution < 1.29 is 22.7 Å². The predicted molar refractivity (Wildman–Crippen MR) is 148 cm³/mol. The van der Waals surface area contributed by atoms with E-state index in [4.69, 9.17) is 9.47 Å². The zero-order chi connectivity index (χ0) is 27.1. The summed E-state index contributed by atoms with van der Waals surface area (Å²) < 4.78 is 40.3. The van der Waals surface area contributed by atoms with Gasteiger partial charge in [-0.1, -0.05) is 30.3 Å². The molecule has 38 heavy (non-hydrogen) atoms. The molecule has 3 aromatic carbocycles. The second kappa shape index (κ2) is 12.3. The number of methoxy groups -OCH3 is 1. The molecule has 1 N–H and O–H groups in total. The Morgan fingerprint density at radius 2 is 1.66 bits per heavy atom. The molecule has 0 unspecified atom stereocenters. The van der Waals surface area contributed by atoms with Gasteiger partial charge in [0.05, 0.1) is 18.6 Å². The van der Waals surface area contributed by atoms with Crippen LogP contribution in [0.3, 0.4) is 0 Å². The van der Waals surface area contributed by atoms with Crippen molar-refractivity contribution in [1.82, 2.24) is 9.62 Å². The maximum Gasteiger partial charge on any atom is 0.241 e. The highest BCUT2D eigenvalue weighted by Gasteiger charge is 2.31. The minimum atomic E-state index is -3.95. The number of piperazine rings is 1. The Balaban J connectivity index is 1.50. The van der Waals surface area contributed by atoms with Crippen molar-refractivity contribution in [2.45, 2.75) is 31.2 Å². The standard InChI is InChI=1S/C29H35N3O5S/c1-4-37-28-15-14-26(20-22(28)2)38(34,35)30-27(21-23-8-6-5-7-9-23)29(33)32-18-16-31(17-19-32)24-10-12-25(36-3)13-11-24/h5-15,20,27,30H,4,16-19,21H2,1-3H3/t27-/m1/s1. The topological polar surface area (TPSA) is 88.2 Å². The Kier molecular flexibility index (Phi) is 8.91. The van der Waals surface area contributed by atoms with E-state index in [1.165, 1.54) is 6.07 Å². The third kappa shape index (κ3) is 6.65. The molecule has 1 aliphatic rings. The van der Waals surface area contributed by atoms with Crippen molar-refractivity contribution in [2.24, 2.45) is 0 Å². The van der Waals surface area contributed by atoms with Crippen LogP contribution in [0.5, 0.6) is 11.5 Å². The highest BCUT2D eigenvalue weighted by atomic mass is 32.2. The van der Waals surface area contributed by atoms with E-state index in [9.17, 15) is 13.2 Å². The van der Waals surface area contributed by atoms with Crippen LogP contribution < -0.4 is 19.1 Å². The van der Waals surface area contributed by atoms with E-state index in [2.05, 4.69) is 9.62 Å². The molecule has 1 heterocycles. The molecule has 0 aromatic heterocycles. The lowest BCUT2D eigenvalue weighted by atomic mass is 10.1. The number of rotatable bonds is 10. The smallest absolute Gasteiger partial charge is 0.241 e. The van der Waals surface area contributed by atoms with Crippen molar-refractivity contribution in [1.29, 1.82) is 0 Å². The van der Waals surface area contributed by atoms with Gasteiger partial charge >= 0.3 is 0 Å². The molecule has 202 valence electrons. The Hall–Kier alpha value is -3.56. The number of benzene rings is 3. The third-order valence-electron chi connectivity index (χ3n) is 6.66. The fourth-order valence-electron chi connectivity index (χ4n) is 4.59. The summed E-state index contributed by atoms with van der Waals surface area (Å²) in [6.07, 6.45) is 0.258. The van der Waals surface area contributed by atoms with Gasteiger partial charge < -0.3 is 19.3 Å². The number of anilines is 1. The fourth-order valence-corrected chi connectivity index (χ4v) is 5.86. The van der Waals surface area contributed by atoms with Crippen LogP contribution in [0, 0.1) is 6.92 Å². The largest absolute Gasteiger partial charge is 0.497 e. The fraction of sp³-hybridized carbons (Fsp3) is 0.345. The summed E-state index contributed by atoms with van der Waals surface area (Å²) in [5.41, 5.74) is 2.66. The number of hydrogen-bond donors (Lipinski definition) is 1. The summed E-state index contributed by atoms with van der Waals surface area (Å²) in [5.74, 6) is 1.20. The highest BCUT2D eigenvalue weighted by molar-refractivity contribution is 7.89. The number of nitrogens with zero attached hydrogens (tertiary/aromatic N) is 2. The molecule has 8 nitrogen and oxygen atoms in total. The molecule has 1 fully saturated rings. The maximum absolute atomic E-state index is 13.7. The van der Waals surface area contributed by atoms with Gasteiger partial charge in [-0.25, -0.2) is 8.42 Å². The van der Waals surface area contributed by atoms with Crippen molar-refractivity contribution >= 4 is 21.6 Å². The van der Waals surface area contributed by atoms with E-state index in [0.717, 1.165) is 22.6 Å². The van der Waals surface area contributed by atoms with Crippen LogP contribution >= 0.6 is 0 Å². The molecule has 1 saturated heterocycles. The number of sulfonamides is 1. The number of carbonyl (C=O) groups is 1. The summed E-state index contributed by atoms with van der Waals surface area (Å²) in [5, 5.41) is 0. The number of carbonyl (C=O) groups excluding carboxylic acids is 1. The zero-order valence-corrected chi connectivity index (χ0v) is 22.9. The van der Waals surface area contributed by atoms with Crippen LogP contribution in [0.2, 0.25) is 0 Å². The molecule has 1 atom stereocenters. The number of ether oxygens (including phenoxy) is 2. The van der Waals surface area contributed by atoms with E-state index >= 15 is 0 Å². The monoisotopic (exact) mass is 537 g/mol. The molecule has 1 aliphatic heterocycles. The van der Waals surface area contributed by atoms with E-state index in [0.29, 0.717) is 38.5 Å². The SMILES string of the molecule is CCOc1ccc(S(=O)(=O)N[C@H](Cc2ccccc2)C(=O)N2CCN(c3ccc(OC)cc3)CC2)cc1C. The Morgan fingerprint density at radius 3 is 2.26 bits per heavy atom. The average Bonchev–Trinajstić information content (AvgIpc) is 2.94. The summed E-state index contributed by atoms with van der Waals surface area (Å²) in [6, 6.07) is 21.1. The van der Waals surface area contributed by atoms with E-state index in [-0.39, 0.29) is 17.2 Å². The molecular formula is C29H35N3O5S. The van der Waals surface area contributed by atoms with Crippen molar-refractivity contribution in [3.8, 4) is 11.5 Å². The van der Waals surface area contributed by atoms with Gasteiger partial charge in [-0.05, 0) is 73.9 Å². The Morgan fingerprint density at radius 1 is 0.974 bits per heavy atom. The van der Waals surface area contributed by atoms with Gasteiger partial charge in [0.25, 0.3) is 0 Å². The minimum Gasteiger partial charge on any atom is -0.497 e. The first-order chi connectivity index (χ1) is 18.3. The maximum atomic E-state index is 13.7. The van der Waals surface area contributed by atoms with Crippen molar-refractivity contribution in [3.63, 3.8) is 0 Å². The number of hydrogen-bond acceptors (Lipinski definition) is 6. The number of aryl methyl sites for hydroxylation is 1. The van der Waals surface area contributed by atoms with Gasteiger partial charge in [-0.15, -0.1) is 0 Å². The summed E-state index contributed by atoms with van der Waals surface area (Å²) in [7, 11) is -2.32. The van der Waals surface area contributed by atoms with Gasteiger partial charge in [0.15, 0.2) is 0 Å². The molecule has 0 aliphatic carbocycles. The van der Waals surface area contributed by atoms with Crippen molar-refractivity contribution in [3.05, 3.63) is 83.9 Å². The lowest BCUT2D eigenvalue weighted by Gasteiger charge is -2.37. The quantitative estimate of drug-likeness (QED) is 0.425. The van der Waals surface area contributed by atoms with Gasteiger partial charge in [0.2, 0.25) is 15.9 Å². The van der Waals surface area contributed by atoms with Crippen LogP contribution in [-0.4, -0.2) is 65.2 Å². The molecule has 0 saturated carbocycles. The molecule has 0 radical (unpaired) electrons. The molecule has 4 rings (SSSR count). The molecule has 1 amide bonds. The lowest BCUT2D eigenvalue weighted by molar-refractivity contribution is -0.133. The van der Waals surface area contributed by atoms with Gasteiger partial charge in [0, 0.05) is 31.9 Å². The predicted octanol–water partition coefficient (Wildman–Crippen LogP) is 3.64. The molecule has 3 aromatic rings. The third-order valence-corrected chi connectivity index (χ3v) is 8.13. The minimum absolute atomic E-state index is 0.105. The van der Waals surface area contributed by atoms with Gasteiger partial charge in [-0.3, -0.25) is 4.79 Å². The van der Waals surface area contributed by atoms with Crippen LogP contribution in [-0.2, 0) is 21.2 Å². The molecule has 0 bridgehead atoms. The second-order valence-corrected chi connectivity index (χ2v) is 10.9. The van der Waals surface area contributed by atoms with E-state index in [1.807, 2.05) is 61.5 Å². The first-order valence-corrected chi connectivity index (χ1v) is 14.3. The molecule has 9 heteroatoms. The highest BCUT2D eigenvalue weighted by Crippen LogP contribution is 2.23.